The Morgan fingerprint density at radius 2 is 1.86 bits per heavy atom. The molecule has 0 saturated carbocycles. The molecular formula is C16H8Cl3NO2. The van der Waals surface area contributed by atoms with Crippen molar-refractivity contribution >= 4 is 56.8 Å². The molecule has 3 nitrogen and oxygen atoms in total. The Balaban J connectivity index is 2.08. The molecule has 110 valence electrons. The van der Waals surface area contributed by atoms with Gasteiger partial charge in [0.1, 0.15) is 5.03 Å². The maximum atomic E-state index is 11.9. The fourth-order valence-electron chi connectivity index (χ4n) is 1.93. The van der Waals surface area contributed by atoms with Gasteiger partial charge in [-0.3, -0.25) is 0 Å². The van der Waals surface area contributed by atoms with Crippen molar-refractivity contribution in [2.45, 2.75) is 0 Å². The van der Waals surface area contributed by atoms with Gasteiger partial charge in [-0.2, -0.15) is 0 Å². The summed E-state index contributed by atoms with van der Waals surface area (Å²) in [5.74, 6) is 0.0523. The van der Waals surface area contributed by atoms with Gasteiger partial charge in [-0.1, -0.05) is 53.0 Å². The van der Waals surface area contributed by atoms with Crippen LogP contribution in [0.2, 0.25) is 10.0 Å². The highest BCUT2D eigenvalue weighted by Gasteiger charge is 2.09. The van der Waals surface area contributed by atoms with Crippen molar-refractivity contribution in [2.75, 3.05) is 0 Å². The molecule has 0 aliphatic rings. The topological polar surface area (TPSA) is 43.1 Å². The minimum absolute atomic E-state index is 0.0523. The molecule has 0 N–H and O–H groups in total. The zero-order chi connectivity index (χ0) is 15.7. The van der Waals surface area contributed by atoms with E-state index in [1.54, 1.807) is 48.5 Å². The van der Waals surface area contributed by atoms with Crippen molar-refractivity contribution in [2.24, 2.45) is 0 Å². The fraction of sp³-hybridized carbons (Fsp3) is 0. The van der Waals surface area contributed by atoms with E-state index in [1.807, 2.05) is 0 Å². The van der Waals surface area contributed by atoms with Crippen molar-refractivity contribution in [1.82, 2.24) is 4.98 Å². The van der Waals surface area contributed by atoms with E-state index in [-0.39, 0.29) is 10.9 Å². The van der Waals surface area contributed by atoms with Crippen molar-refractivity contribution in [3.63, 3.8) is 0 Å². The van der Waals surface area contributed by atoms with Gasteiger partial charge in [0.15, 0.2) is 0 Å². The molecule has 1 heterocycles. The quantitative estimate of drug-likeness (QED) is 0.634. The second-order valence-electron chi connectivity index (χ2n) is 4.49. The van der Waals surface area contributed by atoms with Gasteiger partial charge in [-0.05, 0) is 35.9 Å². The highest BCUT2D eigenvalue weighted by molar-refractivity contribution is 6.50. The summed E-state index contributed by atoms with van der Waals surface area (Å²) in [6, 6.07) is 12.0. The number of aromatic nitrogens is 1. The van der Waals surface area contributed by atoms with Crippen LogP contribution in [-0.2, 0) is 0 Å². The summed E-state index contributed by atoms with van der Waals surface area (Å²) < 4.78 is 5.15. The SMILES string of the molecule is O=c1oc(/C(Cl)=C/c2ccc(Cl)c(Cl)c2)nc2ccccc12. The number of benzene rings is 2. The first-order valence-corrected chi connectivity index (χ1v) is 7.40. The van der Waals surface area contributed by atoms with E-state index in [2.05, 4.69) is 4.98 Å². The van der Waals surface area contributed by atoms with Gasteiger partial charge in [0.2, 0.25) is 5.89 Å². The predicted molar refractivity (Wildman–Crippen MR) is 90.5 cm³/mol. The molecular weight excluding hydrogens is 345 g/mol. The van der Waals surface area contributed by atoms with E-state index in [1.165, 1.54) is 0 Å². The van der Waals surface area contributed by atoms with Crippen LogP contribution in [0.4, 0.5) is 0 Å². The van der Waals surface area contributed by atoms with Gasteiger partial charge in [0.25, 0.3) is 0 Å². The molecule has 0 aliphatic carbocycles. The molecule has 0 bridgehead atoms. The molecule has 2 aromatic carbocycles. The van der Waals surface area contributed by atoms with Crippen LogP contribution in [0.5, 0.6) is 0 Å². The first-order chi connectivity index (χ1) is 10.5. The number of para-hydroxylation sites is 1. The van der Waals surface area contributed by atoms with E-state index >= 15 is 0 Å². The maximum absolute atomic E-state index is 11.9. The van der Waals surface area contributed by atoms with Crippen LogP contribution in [-0.4, -0.2) is 4.98 Å². The standard InChI is InChI=1S/C16H8Cl3NO2/c17-11-6-5-9(7-12(11)18)8-13(19)15-20-14-4-2-1-3-10(14)16(21)22-15/h1-8H/b13-8-. The van der Waals surface area contributed by atoms with Crippen molar-refractivity contribution in [3.8, 4) is 0 Å². The summed E-state index contributed by atoms with van der Waals surface area (Å²) in [4.78, 5) is 16.2. The highest BCUT2D eigenvalue weighted by atomic mass is 35.5. The molecule has 22 heavy (non-hydrogen) atoms. The number of hydrogen-bond acceptors (Lipinski definition) is 3. The average molecular weight is 353 g/mol. The number of fused-ring (bicyclic) bond motifs is 1. The van der Waals surface area contributed by atoms with Gasteiger partial charge in [-0.25, -0.2) is 9.78 Å². The zero-order valence-corrected chi connectivity index (χ0v) is 13.3. The number of hydrogen-bond donors (Lipinski definition) is 0. The second-order valence-corrected chi connectivity index (χ2v) is 5.71. The third-order valence-corrected chi connectivity index (χ3v) is 3.99. The van der Waals surface area contributed by atoms with Crippen LogP contribution >= 0.6 is 34.8 Å². The molecule has 0 spiro atoms. The Kier molecular flexibility index (Phi) is 4.21. The average Bonchev–Trinajstić information content (AvgIpc) is 2.51. The van der Waals surface area contributed by atoms with Crippen LogP contribution in [0.1, 0.15) is 11.5 Å². The van der Waals surface area contributed by atoms with E-state index in [0.29, 0.717) is 20.9 Å². The summed E-state index contributed by atoms with van der Waals surface area (Å²) in [6.07, 6.45) is 1.60. The Bertz CT molecular complexity index is 948. The Morgan fingerprint density at radius 3 is 2.64 bits per heavy atom. The summed E-state index contributed by atoms with van der Waals surface area (Å²) >= 11 is 18.0. The molecule has 0 atom stereocenters. The van der Waals surface area contributed by atoms with E-state index < -0.39 is 5.63 Å². The van der Waals surface area contributed by atoms with Gasteiger partial charge in [-0.15, -0.1) is 0 Å². The van der Waals surface area contributed by atoms with Gasteiger partial charge >= 0.3 is 5.63 Å². The first-order valence-electron chi connectivity index (χ1n) is 6.27. The van der Waals surface area contributed by atoms with Crippen LogP contribution in [0.25, 0.3) is 22.0 Å². The van der Waals surface area contributed by atoms with Crippen LogP contribution in [0.15, 0.2) is 51.7 Å². The monoisotopic (exact) mass is 351 g/mol. The summed E-state index contributed by atoms with van der Waals surface area (Å²) in [6.45, 7) is 0. The van der Waals surface area contributed by atoms with E-state index in [9.17, 15) is 4.79 Å². The first kappa shape index (κ1) is 15.1. The third-order valence-electron chi connectivity index (χ3n) is 2.98. The smallest absolute Gasteiger partial charge is 0.347 e. The highest BCUT2D eigenvalue weighted by Crippen LogP contribution is 2.26. The van der Waals surface area contributed by atoms with Crippen molar-refractivity contribution in [1.29, 1.82) is 0 Å². The van der Waals surface area contributed by atoms with E-state index in [0.717, 1.165) is 5.56 Å². The molecule has 0 amide bonds. The lowest BCUT2D eigenvalue weighted by atomic mass is 10.2. The zero-order valence-electron chi connectivity index (χ0n) is 11.0. The molecule has 3 rings (SSSR count). The van der Waals surface area contributed by atoms with Gasteiger partial charge < -0.3 is 4.42 Å². The second kappa shape index (κ2) is 6.13. The van der Waals surface area contributed by atoms with E-state index in [4.69, 9.17) is 39.2 Å². The Hall–Kier alpha value is -1.81. The van der Waals surface area contributed by atoms with Gasteiger partial charge in [0, 0.05) is 0 Å². The number of nitrogens with zero attached hydrogens (tertiary/aromatic N) is 1. The summed E-state index contributed by atoms with van der Waals surface area (Å²) in [5.41, 5.74) is 0.757. The molecule has 0 aliphatic heterocycles. The molecule has 0 unspecified atom stereocenters. The van der Waals surface area contributed by atoms with Crippen LogP contribution in [0.3, 0.4) is 0 Å². The Morgan fingerprint density at radius 1 is 1.09 bits per heavy atom. The van der Waals surface area contributed by atoms with Crippen LogP contribution < -0.4 is 5.63 Å². The molecule has 0 radical (unpaired) electrons. The lowest BCUT2D eigenvalue weighted by Gasteiger charge is -2.01. The van der Waals surface area contributed by atoms with Crippen LogP contribution in [0, 0.1) is 0 Å². The number of halogens is 3. The normalized spacial score (nSPS) is 11.9. The Labute approximate surface area is 140 Å². The largest absolute Gasteiger partial charge is 0.402 e. The maximum Gasteiger partial charge on any atom is 0.347 e. The minimum atomic E-state index is -0.485. The third kappa shape index (κ3) is 3.02. The molecule has 0 saturated heterocycles. The molecule has 0 fully saturated rings. The predicted octanol–water partition coefficient (Wildman–Crippen LogP) is 5.23. The lowest BCUT2D eigenvalue weighted by molar-refractivity contribution is 0.489. The summed E-state index contributed by atoms with van der Waals surface area (Å²) in [5, 5.41) is 1.46. The van der Waals surface area contributed by atoms with Gasteiger partial charge in [0.05, 0.1) is 20.9 Å². The molecule has 3 aromatic rings. The lowest BCUT2D eigenvalue weighted by Crippen LogP contribution is -2.03. The summed E-state index contributed by atoms with van der Waals surface area (Å²) in [7, 11) is 0. The number of rotatable bonds is 2. The fourth-order valence-corrected chi connectivity index (χ4v) is 2.44. The van der Waals surface area contributed by atoms with Crippen molar-refractivity contribution < 1.29 is 4.42 Å². The molecule has 1 aromatic heterocycles. The minimum Gasteiger partial charge on any atom is -0.402 e. The van der Waals surface area contributed by atoms with Crippen molar-refractivity contribution in [3.05, 3.63) is 74.4 Å². The molecule has 6 heteroatoms.